The first kappa shape index (κ1) is 19.1. The average Bonchev–Trinajstić information content (AvgIpc) is 3.08. The second-order valence-corrected chi connectivity index (χ2v) is 5.90. The van der Waals surface area contributed by atoms with Gasteiger partial charge in [0.2, 0.25) is 5.75 Å². The van der Waals surface area contributed by atoms with Crippen molar-refractivity contribution in [1.29, 1.82) is 0 Å². The fourth-order valence-electron chi connectivity index (χ4n) is 3.00. The van der Waals surface area contributed by atoms with Crippen molar-refractivity contribution in [2.24, 2.45) is 0 Å². The number of imidazole rings is 1. The summed E-state index contributed by atoms with van der Waals surface area (Å²) >= 11 is 0. The first-order valence-corrected chi connectivity index (χ1v) is 8.58. The molecule has 0 spiro atoms. The minimum absolute atomic E-state index is 0.228. The second kappa shape index (κ2) is 8.35. The number of rotatable bonds is 7. The lowest BCUT2D eigenvalue weighted by atomic mass is 10.1. The van der Waals surface area contributed by atoms with Crippen molar-refractivity contribution in [3.05, 3.63) is 47.8 Å². The van der Waals surface area contributed by atoms with E-state index < -0.39 is 0 Å². The van der Waals surface area contributed by atoms with Crippen LogP contribution in [0.2, 0.25) is 0 Å². The zero-order chi connectivity index (χ0) is 20.1. The molecule has 0 saturated carbocycles. The molecule has 2 aromatic carbocycles. The highest BCUT2D eigenvalue weighted by molar-refractivity contribution is 5.95. The van der Waals surface area contributed by atoms with Gasteiger partial charge in [-0.25, -0.2) is 4.98 Å². The van der Waals surface area contributed by atoms with Gasteiger partial charge in [-0.3, -0.25) is 4.79 Å². The fourth-order valence-corrected chi connectivity index (χ4v) is 3.00. The number of nitrogens with one attached hydrogen (secondary N) is 1. The van der Waals surface area contributed by atoms with Crippen molar-refractivity contribution in [3.8, 4) is 29.6 Å². The summed E-state index contributed by atoms with van der Waals surface area (Å²) in [6.45, 7) is 0.599. The molecule has 1 aromatic heterocycles. The Morgan fingerprint density at radius 2 is 1.82 bits per heavy atom. The molecular weight excluding hydrogens is 358 g/mol. The second-order valence-electron chi connectivity index (χ2n) is 5.90. The van der Waals surface area contributed by atoms with E-state index in [0.29, 0.717) is 35.2 Å². The van der Waals surface area contributed by atoms with Gasteiger partial charge in [-0.15, -0.1) is 6.42 Å². The standard InChI is InChI=1S/C21H21N3O4/c1-5-10-24-16-9-7-6-8-15(16)23-19(24)13-22-21(25)14-11-17(26-2)20(28-4)18(12-14)27-3/h1,6-9,11-12H,10,13H2,2-4H3,(H,22,25). The van der Waals surface area contributed by atoms with E-state index in [2.05, 4.69) is 16.2 Å². The Balaban J connectivity index is 1.86. The lowest BCUT2D eigenvalue weighted by Crippen LogP contribution is -2.25. The lowest BCUT2D eigenvalue weighted by molar-refractivity contribution is 0.0948. The predicted octanol–water partition coefficient (Wildman–Crippen LogP) is 2.63. The van der Waals surface area contributed by atoms with Gasteiger partial charge in [0.05, 0.1) is 45.5 Å². The molecule has 0 aliphatic carbocycles. The maximum absolute atomic E-state index is 12.7. The smallest absolute Gasteiger partial charge is 0.251 e. The normalized spacial score (nSPS) is 10.4. The zero-order valence-electron chi connectivity index (χ0n) is 16.0. The Kier molecular flexibility index (Phi) is 5.70. The van der Waals surface area contributed by atoms with E-state index in [1.807, 2.05) is 28.8 Å². The van der Waals surface area contributed by atoms with Crippen LogP contribution < -0.4 is 19.5 Å². The van der Waals surface area contributed by atoms with E-state index in [1.54, 1.807) is 12.1 Å². The molecule has 0 aliphatic rings. The monoisotopic (exact) mass is 379 g/mol. The maximum Gasteiger partial charge on any atom is 0.251 e. The van der Waals surface area contributed by atoms with E-state index in [0.717, 1.165) is 11.0 Å². The summed E-state index contributed by atoms with van der Waals surface area (Å²) in [4.78, 5) is 17.3. The number of hydrogen-bond acceptors (Lipinski definition) is 5. The van der Waals surface area contributed by atoms with Crippen molar-refractivity contribution >= 4 is 16.9 Å². The fraction of sp³-hybridized carbons (Fsp3) is 0.238. The number of carbonyl (C=O) groups excluding carboxylic acids is 1. The maximum atomic E-state index is 12.7. The zero-order valence-corrected chi connectivity index (χ0v) is 16.0. The summed E-state index contributed by atoms with van der Waals surface area (Å²) < 4.78 is 17.8. The number of aromatic nitrogens is 2. The number of fused-ring (bicyclic) bond motifs is 1. The Labute approximate surface area is 163 Å². The topological polar surface area (TPSA) is 74.6 Å². The number of nitrogens with zero attached hydrogens (tertiary/aromatic N) is 2. The van der Waals surface area contributed by atoms with Gasteiger partial charge >= 0.3 is 0 Å². The third-order valence-electron chi connectivity index (χ3n) is 4.32. The van der Waals surface area contributed by atoms with Crippen LogP contribution in [0.3, 0.4) is 0 Å². The summed E-state index contributed by atoms with van der Waals surface area (Å²) in [6.07, 6.45) is 5.49. The number of methoxy groups -OCH3 is 3. The van der Waals surface area contributed by atoms with E-state index in [9.17, 15) is 4.79 Å². The number of hydrogen-bond donors (Lipinski definition) is 1. The predicted molar refractivity (Wildman–Crippen MR) is 106 cm³/mol. The van der Waals surface area contributed by atoms with Crippen LogP contribution >= 0.6 is 0 Å². The van der Waals surface area contributed by atoms with Gasteiger partial charge in [-0.05, 0) is 24.3 Å². The molecule has 7 heteroatoms. The van der Waals surface area contributed by atoms with Crippen molar-refractivity contribution in [3.63, 3.8) is 0 Å². The van der Waals surface area contributed by atoms with E-state index >= 15 is 0 Å². The van der Waals surface area contributed by atoms with Gasteiger partial charge in [0, 0.05) is 5.56 Å². The number of para-hydroxylation sites is 2. The van der Waals surface area contributed by atoms with Crippen molar-refractivity contribution < 1.29 is 19.0 Å². The number of benzene rings is 2. The van der Waals surface area contributed by atoms with Crippen molar-refractivity contribution in [1.82, 2.24) is 14.9 Å². The molecule has 3 rings (SSSR count). The molecule has 28 heavy (non-hydrogen) atoms. The molecule has 0 fully saturated rings. The minimum Gasteiger partial charge on any atom is -0.493 e. The number of carbonyl (C=O) groups is 1. The highest BCUT2D eigenvalue weighted by Crippen LogP contribution is 2.38. The molecule has 0 bridgehead atoms. The van der Waals surface area contributed by atoms with Crippen LogP contribution in [0.4, 0.5) is 0 Å². The number of ether oxygens (including phenoxy) is 3. The van der Waals surface area contributed by atoms with Crippen LogP contribution in [0.5, 0.6) is 17.2 Å². The van der Waals surface area contributed by atoms with Crippen molar-refractivity contribution in [2.45, 2.75) is 13.1 Å². The molecule has 0 unspecified atom stereocenters. The van der Waals surface area contributed by atoms with E-state index in [-0.39, 0.29) is 12.5 Å². The van der Waals surface area contributed by atoms with Gasteiger partial charge in [-0.1, -0.05) is 18.1 Å². The lowest BCUT2D eigenvalue weighted by Gasteiger charge is -2.14. The summed E-state index contributed by atoms with van der Waals surface area (Å²) in [6, 6.07) is 10.9. The third-order valence-corrected chi connectivity index (χ3v) is 4.32. The largest absolute Gasteiger partial charge is 0.493 e. The molecule has 0 saturated heterocycles. The number of amides is 1. The highest BCUT2D eigenvalue weighted by atomic mass is 16.5. The molecule has 3 aromatic rings. The Hall–Kier alpha value is -3.66. The molecule has 1 amide bonds. The van der Waals surface area contributed by atoms with Crippen LogP contribution in [0, 0.1) is 12.3 Å². The van der Waals surface area contributed by atoms with Crippen LogP contribution in [0.15, 0.2) is 36.4 Å². The third kappa shape index (κ3) is 3.58. The van der Waals surface area contributed by atoms with Crippen LogP contribution in [-0.2, 0) is 13.1 Å². The van der Waals surface area contributed by atoms with Gasteiger partial charge in [-0.2, -0.15) is 0 Å². The molecule has 1 heterocycles. The molecule has 1 N–H and O–H groups in total. The Morgan fingerprint density at radius 3 is 2.43 bits per heavy atom. The molecule has 0 radical (unpaired) electrons. The van der Waals surface area contributed by atoms with Crippen LogP contribution in [0.25, 0.3) is 11.0 Å². The van der Waals surface area contributed by atoms with Crippen LogP contribution in [-0.4, -0.2) is 36.8 Å². The van der Waals surface area contributed by atoms with Gasteiger partial charge < -0.3 is 24.1 Å². The molecule has 0 atom stereocenters. The van der Waals surface area contributed by atoms with Gasteiger partial charge in [0.1, 0.15) is 5.82 Å². The van der Waals surface area contributed by atoms with E-state index in [1.165, 1.54) is 21.3 Å². The minimum atomic E-state index is -0.293. The number of terminal acetylenes is 1. The average molecular weight is 379 g/mol. The SMILES string of the molecule is C#CCn1c(CNC(=O)c2cc(OC)c(OC)c(OC)c2)nc2ccccc21. The van der Waals surface area contributed by atoms with Crippen molar-refractivity contribution in [2.75, 3.05) is 21.3 Å². The highest BCUT2D eigenvalue weighted by Gasteiger charge is 2.18. The summed E-state index contributed by atoms with van der Waals surface area (Å²) in [5.41, 5.74) is 2.14. The molecule has 0 aliphatic heterocycles. The Bertz CT molecular complexity index is 1020. The quantitative estimate of drug-likeness (QED) is 0.639. The summed E-state index contributed by atoms with van der Waals surface area (Å²) in [7, 11) is 4.51. The summed E-state index contributed by atoms with van der Waals surface area (Å²) in [5, 5.41) is 2.87. The first-order chi connectivity index (χ1) is 13.6. The van der Waals surface area contributed by atoms with E-state index in [4.69, 9.17) is 20.6 Å². The first-order valence-electron chi connectivity index (χ1n) is 8.58. The van der Waals surface area contributed by atoms with Gasteiger partial charge in [0.25, 0.3) is 5.91 Å². The molecule has 144 valence electrons. The summed E-state index contributed by atoms with van der Waals surface area (Å²) in [5.74, 6) is 4.26. The Morgan fingerprint density at radius 1 is 1.14 bits per heavy atom. The molecular formula is C21H21N3O4. The van der Waals surface area contributed by atoms with Crippen LogP contribution in [0.1, 0.15) is 16.2 Å². The molecule has 7 nitrogen and oxygen atoms in total. The van der Waals surface area contributed by atoms with Gasteiger partial charge in [0.15, 0.2) is 11.5 Å².